The van der Waals surface area contributed by atoms with Gasteiger partial charge in [0.05, 0.1) is 17.1 Å². The van der Waals surface area contributed by atoms with Gasteiger partial charge in [-0.3, -0.25) is 14.9 Å². The van der Waals surface area contributed by atoms with E-state index in [4.69, 9.17) is 16.3 Å². The minimum absolute atomic E-state index is 0.0776. The second-order valence-electron chi connectivity index (χ2n) is 8.58. The number of aryl methyl sites for hydroxylation is 1. The van der Waals surface area contributed by atoms with Gasteiger partial charge < -0.3 is 15.4 Å². The summed E-state index contributed by atoms with van der Waals surface area (Å²) >= 11 is 5.97. The van der Waals surface area contributed by atoms with E-state index in [0.717, 1.165) is 43.4 Å². The molecule has 2 amide bonds. The fraction of sp³-hybridized carbons (Fsp3) is 0.524. The van der Waals surface area contributed by atoms with E-state index in [1.54, 1.807) is 12.3 Å². The molecule has 2 aromatic rings. The van der Waals surface area contributed by atoms with Crippen LogP contribution in [0.2, 0.25) is 5.02 Å². The van der Waals surface area contributed by atoms with Gasteiger partial charge in [-0.1, -0.05) is 11.6 Å². The number of nitrogens with zero attached hydrogens (tertiary/aromatic N) is 2. The van der Waals surface area contributed by atoms with Crippen molar-refractivity contribution in [1.29, 1.82) is 0 Å². The third-order valence-corrected chi connectivity index (χ3v) is 6.21. The summed E-state index contributed by atoms with van der Waals surface area (Å²) in [4.78, 5) is 28.5. The van der Waals surface area contributed by atoms with Crippen LogP contribution in [0.1, 0.15) is 61.9 Å². The lowest BCUT2D eigenvalue weighted by Gasteiger charge is -2.16. The van der Waals surface area contributed by atoms with Gasteiger partial charge in [-0.05, 0) is 57.6 Å². The van der Waals surface area contributed by atoms with Crippen LogP contribution in [-0.2, 0) is 16.0 Å². The van der Waals surface area contributed by atoms with Crippen molar-refractivity contribution in [3.05, 3.63) is 40.3 Å². The van der Waals surface area contributed by atoms with Gasteiger partial charge >= 0.3 is 6.09 Å². The van der Waals surface area contributed by atoms with Crippen LogP contribution in [0.15, 0.2) is 18.3 Å². The average Bonchev–Trinajstić information content (AvgIpc) is 3.07. The second-order valence-corrected chi connectivity index (χ2v) is 8.99. The van der Waals surface area contributed by atoms with Gasteiger partial charge in [0.1, 0.15) is 6.10 Å². The smallest absolute Gasteiger partial charge is 0.407 e. The highest BCUT2D eigenvalue weighted by Crippen LogP contribution is 2.37. The van der Waals surface area contributed by atoms with E-state index in [-0.39, 0.29) is 36.0 Å². The average molecular weight is 432 g/mol. The molecule has 0 aromatic carbocycles. The number of nitrogens with one attached hydrogen (secondary N) is 3. The zero-order chi connectivity index (χ0) is 21.3. The van der Waals surface area contributed by atoms with Crippen molar-refractivity contribution in [1.82, 2.24) is 20.5 Å². The Morgan fingerprint density at radius 1 is 1.33 bits per heavy atom. The van der Waals surface area contributed by atoms with E-state index in [9.17, 15) is 9.59 Å². The molecular weight excluding hydrogens is 406 g/mol. The third-order valence-electron chi connectivity index (χ3n) is 5.81. The van der Waals surface area contributed by atoms with E-state index in [1.165, 1.54) is 0 Å². The maximum Gasteiger partial charge on any atom is 0.407 e. The Morgan fingerprint density at radius 2 is 2.13 bits per heavy atom. The van der Waals surface area contributed by atoms with Gasteiger partial charge in [0, 0.05) is 29.4 Å². The highest BCUT2D eigenvalue weighted by Gasteiger charge is 2.40. The SMILES string of the molecule is Cc1cc(CC(=O)Nc2cc([C@H]3CC[C@@H](OC(=O)NC4(C)CC4)C3)[nH]n2)ncc1Cl. The van der Waals surface area contributed by atoms with Gasteiger partial charge in [-0.2, -0.15) is 5.10 Å². The summed E-state index contributed by atoms with van der Waals surface area (Å²) in [5.41, 5.74) is 2.39. The number of aromatic nitrogens is 3. The van der Waals surface area contributed by atoms with Gasteiger partial charge in [-0.15, -0.1) is 0 Å². The molecule has 8 nitrogen and oxygen atoms in total. The van der Waals surface area contributed by atoms with E-state index in [1.807, 2.05) is 19.9 Å². The summed E-state index contributed by atoms with van der Waals surface area (Å²) in [6, 6.07) is 3.65. The lowest BCUT2D eigenvalue weighted by atomic mass is 10.0. The number of carbonyl (C=O) groups is 2. The Kier molecular flexibility index (Phi) is 5.69. The summed E-state index contributed by atoms with van der Waals surface area (Å²) in [6.07, 6.45) is 5.74. The van der Waals surface area contributed by atoms with E-state index in [0.29, 0.717) is 16.5 Å². The lowest BCUT2D eigenvalue weighted by molar-refractivity contribution is -0.115. The van der Waals surface area contributed by atoms with Crippen LogP contribution in [0, 0.1) is 6.92 Å². The molecule has 2 aromatic heterocycles. The molecule has 0 aliphatic heterocycles. The van der Waals surface area contributed by atoms with Gasteiger partial charge in [0.15, 0.2) is 5.82 Å². The molecule has 2 aliphatic rings. The fourth-order valence-corrected chi connectivity index (χ4v) is 3.83. The molecule has 2 atom stereocenters. The van der Waals surface area contributed by atoms with Crippen molar-refractivity contribution in [3.8, 4) is 0 Å². The van der Waals surface area contributed by atoms with E-state index >= 15 is 0 Å². The maximum atomic E-state index is 12.3. The number of alkyl carbamates (subject to hydrolysis) is 1. The van der Waals surface area contributed by atoms with Crippen molar-refractivity contribution in [2.24, 2.45) is 0 Å². The lowest BCUT2D eigenvalue weighted by Crippen LogP contribution is -2.36. The predicted molar refractivity (Wildman–Crippen MR) is 113 cm³/mol. The molecule has 0 radical (unpaired) electrons. The normalized spacial score (nSPS) is 21.8. The molecule has 2 fully saturated rings. The molecule has 4 rings (SSSR count). The fourth-order valence-electron chi connectivity index (χ4n) is 3.72. The minimum atomic E-state index is -0.329. The Balaban J connectivity index is 1.27. The number of carbonyl (C=O) groups excluding carboxylic acids is 2. The molecule has 0 bridgehead atoms. The highest BCUT2D eigenvalue weighted by molar-refractivity contribution is 6.31. The van der Waals surface area contributed by atoms with Gasteiger partial charge in [0.25, 0.3) is 0 Å². The third kappa shape index (κ3) is 5.11. The van der Waals surface area contributed by atoms with Crippen molar-refractivity contribution in [3.63, 3.8) is 0 Å². The van der Waals surface area contributed by atoms with Crippen molar-refractivity contribution in [2.45, 2.75) is 69.9 Å². The number of hydrogen-bond acceptors (Lipinski definition) is 5. The Labute approximate surface area is 180 Å². The topological polar surface area (TPSA) is 109 Å². The van der Waals surface area contributed by atoms with Crippen LogP contribution in [0.3, 0.4) is 0 Å². The number of pyridine rings is 1. The quantitative estimate of drug-likeness (QED) is 0.643. The number of aromatic amines is 1. The van der Waals surface area contributed by atoms with Gasteiger partial charge in [0.2, 0.25) is 5.91 Å². The number of amides is 2. The molecule has 30 heavy (non-hydrogen) atoms. The summed E-state index contributed by atoms with van der Waals surface area (Å²) in [7, 11) is 0. The van der Waals surface area contributed by atoms with Crippen LogP contribution >= 0.6 is 11.6 Å². The van der Waals surface area contributed by atoms with Crippen molar-refractivity contribution >= 4 is 29.4 Å². The largest absolute Gasteiger partial charge is 0.446 e. The molecule has 2 aliphatic carbocycles. The molecule has 2 saturated carbocycles. The first-order valence-corrected chi connectivity index (χ1v) is 10.6. The number of halogens is 1. The van der Waals surface area contributed by atoms with E-state index in [2.05, 4.69) is 25.8 Å². The highest BCUT2D eigenvalue weighted by atomic mass is 35.5. The number of rotatable bonds is 6. The van der Waals surface area contributed by atoms with Crippen molar-refractivity contribution in [2.75, 3.05) is 5.32 Å². The Bertz CT molecular complexity index is 956. The summed E-state index contributed by atoms with van der Waals surface area (Å²) in [5.74, 6) is 0.502. The molecular formula is C21H26ClN5O3. The van der Waals surface area contributed by atoms with E-state index < -0.39 is 0 Å². The van der Waals surface area contributed by atoms with Crippen molar-refractivity contribution < 1.29 is 14.3 Å². The zero-order valence-corrected chi connectivity index (χ0v) is 17.9. The van der Waals surface area contributed by atoms with Crippen LogP contribution in [-0.4, -0.2) is 38.8 Å². The van der Waals surface area contributed by atoms with Gasteiger partial charge in [-0.25, -0.2) is 4.79 Å². The van der Waals surface area contributed by atoms with Crippen LogP contribution in [0.5, 0.6) is 0 Å². The number of H-pyrrole nitrogens is 1. The van der Waals surface area contributed by atoms with Crippen LogP contribution in [0.4, 0.5) is 10.6 Å². The first kappa shape index (κ1) is 20.7. The van der Waals surface area contributed by atoms with Crippen LogP contribution in [0.25, 0.3) is 0 Å². The number of anilines is 1. The molecule has 0 unspecified atom stereocenters. The molecule has 3 N–H and O–H groups in total. The molecule has 0 spiro atoms. The monoisotopic (exact) mass is 431 g/mol. The second kappa shape index (κ2) is 8.26. The number of hydrogen-bond donors (Lipinski definition) is 3. The zero-order valence-electron chi connectivity index (χ0n) is 17.1. The Hall–Kier alpha value is -2.61. The van der Waals surface area contributed by atoms with Crippen LogP contribution < -0.4 is 10.6 Å². The molecule has 2 heterocycles. The molecule has 9 heteroatoms. The first-order chi connectivity index (χ1) is 14.3. The summed E-state index contributed by atoms with van der Waals surface area (Å²) in [5, 5.41) is 13.5. The number of ether oxygens (including phenoxy) is 1. The summed E-state index contributed by atoms with van der Waals surface area (Å²) < 4.78 is 5.56. The maximum absolute atomic E-state index is 12.3. The molecule has 160 valence electrons. The Morgan fingerprint density at radius 3 is 2.87 bits per heavy atom. The minimum Gasteiger partial charge on any atom is -0.446 e. The summed E-state index contributed by atoms with van der Waals surface area (Å²) in [6.45, 7) is 3.90. The standard InChI is InChI=1S/C21H26ClN5O3/c1-12-7-14(23-11-16(12)22)9-19(28)24-18-10-17(26-27-18)13-3-4-15(8-13)30-20(29)25-21(2)5-6-21/h7,10-11,13,15H,3-6,8-9H2,1-2H3,(H,25,29)(H2,24,26,27,28)/t13-,15+/m0/s1. The first-order valence-electron chi connectivity index (χ1n) is 10.2. The molecule has 0 saturated heterocycles. The predicted octanol–water partition coefficient (Wildman–Crippen LogP) is 3.86.